The number of urea groups is 1. The summed E-state index contributed by atoms with van der Waals surface area (Å²) in [6.07, 6.45) is 7.22. The molecule has 2 heterocycles. The highest BCUT2D eigenvalue weighted by Crippen LogP contribution is 2.22. The van der Waals surface area contributed by atoms with E-state index in [2.05, 4.69) is 22.5 Å². The molecule has 2 aromatic rings. The van der Waals surface area contributed by atoms with E-state index >= 15 is 0 Å². The maximum Gasteiger partial charge on any atom is 0.354 e. The van der Waals surface area contributed by atoms with Gasteiger partial charge in [0.15, 0.2) is 0 Å². The van der Waals surface area contributed by atoms with E-state index in [0.717, 1.165) is 25.8 Å². The number of hydrogen-bond donors (Lipinski definition) is 4. The largest absolute Gasteiger partial charge is 0.354 e. The standard InChI is InChI=1S/C29H44N8O3.ClH/c1-20(32-19-22-5-4-6-23(30)18-22)17-21-7-9-24(10-8-21)37-12-11-25(34-28(37)40)33-27(39)36-15-13-35(14-16-36)26(38)29(2,3)31;/h7-12,20,22-23,32H,4-6,13-19,30-31H2,1-3H3,(H,33,34,39,40);1H/t20?,22-,23-;/m0./s1. The molecule has 1 aliphatic carbocycles. The molecule has 226 valence electrons. The minimum absolute atomic E-state index is 0. The second-order valence-electron chi connectivity index (χ2n) is 11.9. The number of amides is 3. The van der Waals surface area contributed by atoms with Gasteiger partial charge < -0.3 is 26.6 Å². The van der Waals surface area contributed by atoms with Crippen molar-refractivity contribution >= 4 is 30.2 Å². The lowest BCUT2D eigenvalue weighted by atomic mass is 9.86. The lowest BCUT2D eigenvalue weighted by Gasteiger charge is -2.37. The van der Waals surface area contributed by atoms with E-state index in [1.54, 1.807) is 35.9 Å². The van der Waals surface area contributed by atoms with Crippen molar-refractivity contribution in [3.63, 3.8) is 0 Å². The van der Waals surface area contributed by atoms with Crippen molar-refractivity contribution in [2.24, 2.45) is 17.4 Å². The van der Waals surface area contributed by atoms with Crippen LogP contribution in [0.5, 0.6) is 0 Å². The lowest BCUT2D eigenvalue weighted by molar-refractivity contribution is -0.137. The number of nitrogens with one attached hydrogen (secondary N) is 2. The molecular formula is C29H45ClN8O3. The smallest absolute Gasteiger partial charge is 0.338 e. The van der Waals surface area contributed by atoms with Crippen LogP contribution >= 0.6 is 12.4 Å². The average molecular weight is 589 g/mol. The van der Waals surface area contributed by atoms with Gasteiger partial charge in [-0.1, -0.05) is 18.6 Å². The molecule has 3 atom stereocenters. The van der Waals surface area contributed by atoms with E-state index < -0.39 is 11.2 Å². The Hall–Kier alpha value is -2.99. The van der Waals surface area contributed by atoms with Crippen molar-refractivity contribution in [1.82, 2.24) is 24.7 Å². The van der Waals surface area contributed by atoms with Crippen LogP contribution in [0.15, 0.2) is 41.3 Å². The fourth-order valence-electron chi connectivity index (χ4n) is 5.48. The summed E-state index contributed by atoms with van der Waals surface area (Å²) in [7, 11) is 0. The molecule has 0 spiro atoms. The van der Waals surface area contributed by atoms with E-state index in [4.69, 9.17) is 11.5 Å². The van der Waals surface area contributed by atoms with Crippen LogP contribution in [-0.2, 0) is 11.2 Å². The average Bonchev–Trinajstić information content (AvgIpc) is 2.92. The Morgan fingerprint density at radius 1 is 1.07 bits per heavy atom. The summed E-state index contributed by atoms with van der Waals surface area (Å²) in [5.41, 5.74) is 12.5. The molecule has 11 nitrogen and oxygen atoms in total. The van der Waals surface area contributed by atoms with E-state index in [1.807, 2.05) is 24.3 Å². The fourth-order valence-corrected chi connectivity index (χ4v) is 5.48. The molecule has 2 aliphatic rings. The van der Waals surface area contributed by atoms with Crippen molar-refractivity contribution in [1.29, 1.82) is 0 Å². The first kappa shape index (κ1) is 32.5. The molecule has 12 heteroatoms. The first-order valence-corrected chi connectivity index (χ1v) is 14.3. The molecule has 0 bridgehead atoms. The molecule has 4 rings (SSSR count). The van der Waals surface area contributed by atoms with Gasteiger partial charge in [-0.05, 0) is 82.7 Å². The zero-order valence-corrected chi connectivity index (χ0v) is 25.2. The predicted octanol–water partition coefficient (Wildman–Crippen LogP) is 2.11. The Morgan fingerprint density at radius 3 is 2.34 bits per heavy atom. The van der Waals surface area contributed by atoms with Crippen molar-refractivity contribution in [3.8, 4) is 5.69 Å². The Morgan fingerprint density at radius 2 is 1.73 bits per heavy atom. The number of hydrogen-bond acceptors (Lipinski definition) is 7. The predicted molar refractivity (Wildman–Crippen MR) is 164 cm³/mol. The van der Waals surface area contributed by atoms with Gasteiger partial charge in [-0.3, -0.25) is 14.7 Å². The van der Waals surface area contributed by atoms with Gasteiger partial charge in [0.2, 0.25) is 5.91 Å². The molecule has 3 amide bonds. The number of rotatable bonds is 8. The molecule has 1 aliphatic heterocycles. The maximum absolute atomic E-state index is 12.7. The molecule has 1 aromatic heterocycles. The Bertz CT molecular complexity index is 1220. The van der Waals surface area contributed by atoms with Crippen LogP contribution < -0.4 is 27.8 Å². The second kappa shape index (κ2) is 14.3. The summed E-state index contributed by atoms with van der Waals surface area (Å²) in [5.74, 6) is 0.700. The Kier molecular flexibility index (Phi) is 11.3. The maximum atomic E-state index is 12.7. The van der Waals surface area contributed by atoms with Gasteiger partial charge in [0.05, 0.1) is 11.2 Å². The van der Waals surface area contributed by atoms with Crippen LogP contribution in [0.1, 0.15) is 52.0 Å². The number of aromatic nitrogens is 2. The molecule has 1 unspecified atom stereocenters. The number of nitrogens with zero attached hydrogens (tertiary/aromatic N) is 4. The summed E-state index contributed by atoms with van der Waals surface area (Å²) in [5, 5.41) is 6.35. The minimum atomic E-state index is -0.947. The van der Waals surface area contributed by atoms with Crippen molar-refractivity contribution in [2.75, 3.05) is 38.0 Å². The summed E-state index contributed by atoms with van der Waals surface area (Å²) in [4.78, 5) is 45.1. The van der Waals surface area contributed by atoms with Crippen LogP contribution in [0.2, 0.25) is 0 Å². The van der Waals surface area contributed by atoms with E-state index in [9.17, 15) is 14.4 Å². The van der Waals surface area contributed by atoms with Gasteiger partial charge in [-0.2, -0.15) is 4.98 Å². The molecule has 0 radical (unpaired) electrons. The third kappa shape index (κ3) is 9.00. The van der Waals surface area contributed by atoms with E-state index in [-0.39, 0.29) is 30.2 Å². The van der Waals surface area contributed by atoms with Gasteiger partial charge in [0, 0.05) is 44.5 Å². The lowest BCUT2D eigenvalue weighted by Crippen LogP contribution is -2.58. The molecule has 1 saturated carbocycles. The van der Waals surface area contributed by atoms with Crippen LogP contribution in [-0.4, -0.2) is 81.6 Å². The normalized spacial score (nSPS) is 20.2. The zero-order chi connectivity index (χ0) is 28.9. The summed E-state index contributed by atoms with van der Waals surface area (Å²) >= 11 is 0. The Labute approximate surface area is 248 Å². The quantitative estimate of drug-likeness (QED) is 0.368. The molecular weight excluding hydrogens is 544 g/mol. The van der Waals surface area contributed by atoms with Gasteiger partial charge in [0.25, 0.3) is 0 Å². The number of piperazine rings is 1. The first-order valence-electron chi connectivity index (χ1n) is 14.3. The number of nitrogens with two attached hydrogens (primary N) is 2. The second-order valence-corrected chi connectivity index (χ2v) is 11.9. The molecule has 1 saturated heterocycles. The highest BCUT2D eigenvalue weighted by atomic mass is 35.5. The number of carbonyl (C=O) groups excluding carboxylic acids is 2. The van der Waals surface area contributed by atoms with Crippen LogP contribution in [0.4, 0.5) is 10.6 Å². The Balaban J connectivity index is 0.00000462. The molecule has 1 aromatic carbocycles. The van der Waals surface area contributed by atoms with Crippen molar-refractivity contribution < 1.29 is 9.59 Å². The molecule has 2 fully saturated rings. The highest BCUT2D eigenvalue weighted by Gasteiger charge is 2.31. The van der Waals surface area contributed by atoms with Crippen LogP contribution in [0.25, 0.3) is 5.69 Å². The minimum Gasteiger partial charge on any atom is -0.338 e. The van der Waals surface area contributed by atoms with Gasteiger partial charge in [-0.15, -0.1) is 12.4 Å². The topological polar surface area (TPSA) is 152 Å². The highest BCUT2D eigenvalue weighted by molar-refractivity contribution is 5.89. The summed E-state index contributed by atoms with van der Waals surface area (Å²) < 4.78 is 1.45. The van der Waals surface area contributed by atoms with E-state index in [0.29, 0.717) is 49.9 Å². The van der Waals surface area contributed by atoms with Crippen LogP contribution in [0, 0.1) is 5.92 Å². The van der Waals surface area contributed by atoms with E-state index in [1.165, 1.54) is 23.0 Å². The molecule has 41 heavy (non-hydrogen) atoms. The number of carbonyl (C=O) groups is 2. The first-order chi connectivity index (χ1) is 19.0. The third-order valence-electron chi connectivity index (χ3n) is 7.78. The fraction of sp³-hybridized carbons (Fsp3) is 0.586. The van der Waals surface area contributed by atoms with Crippen molar-refractivity contribution in [2.45, 2.75) is 70.5 Å². The molecule has 6 N–H and O–H groups in total. The number of halogens is 1. The van der Waals surface area contributed by atoms with Gasteiger partial charge >= 0.3 is 11.7 Å². The number of benzene rings is 1. The SMILES string of the molecule is CC(Cc1ccc(-n2ccc(NC(=O)N3CCN(C(=O)C(C)(C)N)CC3)nc2=O)cc1)NC[C@H]1CCC[C@H](N)C1.Cl. The van der Waals surface area contributed by atoms with Gasteiger partial charge in [0.1, 0.15) is 5.82 Å². The van der Waals surface area contributed by atoms with Gasteiger partial charge in [-0.25, -0.2) is 9.59 Å². The summed E-state index contributed by atoms with van der Waals surface area (Å²) in [6.45, 7) is 8.10. The monoisotopic (exact) mass is 588 g/mol. The third-order valence-corrected chi connectivity index (χ3v) is 7.78. The van der Waals surface area contributed by atoms with Crippen LogP contribution in [0.3, 0.4) is 0 Å². The summed E-state index contributed by atoms with van der Waals surface area (Å²) in [6, 6.07) is 9.81. The zero-order valence-electron chi connectivity index (χ0n) is 24.3. The van der Waals surface area contributed by atoms with Crippen molar-refractivity contribution in [3.05, 3.63) is 52.6 Å². The number of anilines is 1.